The van der Waals surface area contributed by atoms with Crippen LogP contribution in [0.15, 0.2) is 115 Å². The van der Waals surface area contributed by atoms with Crippen LogP contribution in [0.5, 0.6) is 0 Å². The SMILES string of the molecule is CC1=C(/C=C\C(C)c2ccc3c(c2)-c2nc(-c4ccc5c(c4)C(C)(C)c4ccccc4-5)ccc2C3(C)C)C(C)(C)c2ccccc21. The second-order valence-electron chi connectivity index (χ2n) is 15.3. The second-order valence-corrected chi connectivity index (χ2v) is 15.3. The van der Waals surface area contributed by atoms with Crippen LogP contribution >= 0.6 is 0 Å². The Kier molecular flexibility index (Phi) is 6.14. The first-order valence-electron chi connectivity index (χ1n) is 16.8. The van der Waals surface area contributed by atoms with Gasteiger partial charge in [-0.25, -0.2) is 4.98 Å². The highest BCUT2D eigenvalue weighted by Gasteiger charge is 2.38. The molecule has 5 aromatic rings. The molecule has 0 radical (unpaired) electrons. The van der Waals surface area contributed by atoms with Gasteiger partial charge in [-0.15, -0.1) is 0 Å². The number of fused-ring (bicyclic) bond motifs is 7. The molecule has 4 aromatic carbocycles. The van der Waals surface area contributed by atoms with Crippen molar-refractivity contribution in [3.8, 4) is 33.6 Å². The third-order valence-electron chi connectivity index (χ3n) is 11.6. The van der Waals surface area contributed by atoms with Crippen LogP contribution in [-0.4, -0.2) is 4.98 Å². The van der Waals surface area contributed by atoms with Gasteiger partial charge in [-0.1, -0.05) is 139 Å². The van der Waals surface area contributed by atoms with Crippen LogP contribution < -0.4 is 0 Å². The minimum Gasteiger partial charge on any atom is -0.247 e. The largest absolute Gasteiger partial charge is 0.247 e. The molecular formula is C45H43N. The van der Waals surface area contributed by atoms with Crippen LogP contribution in [0.1, 0.15) is 100 Å². The highest BCUT2D eigenvalue weighted by molar-refractivity contribution is 5.85. The molecule has 0 bridgehead atoms. The molecule has 3 aliphatic carbocycles. The van der Waals surface area contributed by atoms with Gasteiger partial charge in [-0.2, -0.15) is 0 Å². The van der Waals surface area contributed by atoms with E-state index >= 15 is 0 Å². The van der Waals surface area contributed by atoms with Crippen LogP contribution in [0.4, 0.5) is 0 Å². The molecule has 0 N–H and O–H groups in total. The van der Waals surface area contributed by atoms with Crippen molar-refractivity contribution < 1.29 is 0 Å². The number of rotatable bonds is 4. The van der Waals surface area contributed by atoms with Crippen molar-refractivity contribution >= 4 is 5.57 Å². The molecule has 0 saturated carbocycles. The maximum atomic E-state index is 5.42. The van der Waals surface area contributed by atoms with E-state index in [4.69, 9.17) is 4.98 Å². The Labute approximate surface area is 274 Å². The van der Waals surface area contributed by atoms with Gasteiger partial charge in [0.05, 0.1) is 11.4 Å². The Morgan fingerprint density at radius 2 is 1.17 bits per heavy atom. The first kappa shape index (κ1) is 28.9. The van der Waals surface area contributed by atoms with Crippen LogP contribution in [0, 0.1) is 0 Å². The molecule has 1 aromatic heterocycles. The van der Waals surface area contributed by atoms with Crippen LogP contribution in [0.3, 0.4) is 0 Å². The average Bonchev–Trinajstić information content (AvgIpc) is 3.51. The standard InChI is InChI=1S/C45H43N/c1-27(17-21-35-28(2)31-13-9-11-15-36(31)43(35,3)4)29-19-22-38-34(25-29)42-39(44(38,5)6)23-24-41(46-42)30-18-20-33-32-14-10-12-16-37(32)45(7,8)40(33)26-30/h9-27H,1-8H3/b21-17-. The molecule has 0 spiro atoms. The predicted molar refractivity (Wildman–Crippen MR) is 194 cm³/mol. The van der Waals surface area contributed by atoms with E-state index in [1.54, 1.807) is 0 Å². The maximum Gasteiger partial charge on any atom is 0.0753 e. The molecule has 1 heteroatoms. The number of pyridine rings is 1. The number of nitrogens with zero attached hydrogens (tertiary/aromatic N) is 1. The fraction of sp³-hybridized carbons (Fsp3) is 0.267. The summed E-state index contributed by atoms with van der Waals surface area (Å²) >= 11 is 0. The normalized spacial score (nSPS) is 18.3. The van der Waals surface area contributed by atoms with Crippen molar-refractivity contribution in [2.24, 2.45) is 0 Å². The number of hydrogen-bond acceptors (Lipinski definition) is 1. The summed E-state index contributed by atoms with van der Waals surface area (Å²) in [5.74, 6) is 0.279. The summed E-state index contributed by atoms with van der Waals surface area (Å²) in [4.78, 5) is 5.42. The van der Waals surface area contributed by atoms with Gasteiger partial charge in [-0.05, 0) is 92.3 Å². The quantitative estimate of drug-likeness (QED) is 0.201. The summed E-state index contributed by atoms with van der Waals surface area (Å²) in [6.45, 7) is 18.7. The van der Waals surface area contributed by atoms with Crippen molar-refractivity contribution in [3.63, 3.8) is 0 Å². The van der Waals surface area contributed by atoms with Crippen molar-refractivity contribution in [2.75, 3.05) is 0 Å². The fourth-order valence-electron chi connectivity index (χ4n) is 8.72. The van der Waals surface area contributed by atoms with Gasteiger partial charge in [-0.3, -0.25) is 0 Å². The molecule has 1 unspecified atom stereocenters. The Morgan fingerprint density at radius 1 is 0.565 bits per heavy atom. The predicted octanol–water partition coefficient (Wildman–Crippen LogP) is 11.8. The van der Waals surface area contributed by atoms with Gasteiger partial charge in [0.2, 0.25) is 0 Å². The summed E-state index contributed by atoms with van der Waals surface area (Å²) in [6, 6.07) is 36.3. The smallest absolute Gasteiger partial charge is 0.0753 e. The Morgan fingerprint density at radius 3 is 1.91 bits per heavy atom. The number of aromatic nitrogens is 1. The molecule has 0 amide bonds. The van der Waals surface area contributed by atoms with E-state index in [0.717, 1.165) is 11.4 Å². The summed E-state index contributed by atoms with van der Waals surface area (Å²) in [5, 5.41) is 0. The Hall–Kier alpha value is -4.49. The van der Waals surface area contributed by atoms with Gasteiger partial charge in [0.15, 0.2) is 0 Å². The summed E-state index contributed by atoms with van der Waals surface area (Å²) in [5.41, 5.74) is 19.6. The minimum absolute atomic E-state index is 0.00762. The monoisotopic (exact) mass is 597 g/mol. The average molecular weight is 598 g/mol. The van der Waals surface area contributed by atoms with E-state index in [0.29, 0.717) is 0 Å². The highest BCUT2D eigenvalue weighted by Crippen LogP contribution is 2.52. The third-order valence-corrected chi connectivity index (χ3v) is 11.6. The molecule has 1 nitrogen and oxygen atoms in total. The van der Waals surface area contributed by atoms with E-state index in [1.165, 1.54) is 72.3 Å². The van der Waals surface area contributed by atoms with Crippen molar-refractivity contribution in [1.29, 1.82) is 0 Å². The van der Waals surface area contributed by atoms with Crippen molar-refractivity contribution in [3.05, 3.63) is 154 Å². The molecular weight excluding hydrogens is 555 g/mol. The molecule has 46 heavy (non-hydrogen) atoms. The number of benzene rings is 4. The molecule has 1 atom stereocenters. The van der Waals surface area contributed by atoms with Crippen LogP contribution in [-0.2, 0) is 16.2 Å². The second kappa shape index (κ2) is 9.76. The van der Waals surface area contributed by atoms with E-state index in [1.807, 2.05) is 0 Å². The summed E-state index contributed by atoms with van der Waals surface area (Å²) in [7, 11) is 0. The van der Waals surface area contributed by atoms with E-state index in [9.17, 15) is 0 Å². The van der Waals surface area contributed by atoms with Crippen molar-refractivity contribution in [1.82, 2.24) is 4.98 Å². The molecule has 3 aliphatic rings. The first-order valence-corrected chi connectivity index (χ1v) is 16.8. The minimum atomic E-state index is -0.0864. The van der Waals surface area contributed by atoms with E-state index in [-0.39, 0.29) is 22.2 Å². The van der Waals surface area contributed by atoms with Gasteiger partial charge in [0.25, 0.3) is 0 Å². The number of hydrogen-bond donors (Lipinski definition) is 0. The molecule has 0 aliphatic heterocycles. The van der Waals surface area contributed by atoms with Gasteiger partial charge in [0.1, 0.15) is 0 Å². The third kappa shape index (κ3) is 3.97. The molecule has 1 heterocycles. The number of allylic oxidation sites excluding steroid dienone is 4. The zero-order chi connectivity index (χ0) is 32.2. The topological polar surface area (TPSA) is 12.9 Å². The van der Waals surface area contributed by atoms with E-state index < -0.39 is 0 Å². The molecule has 8 rings (SSSR count). The lowest BCUT2D eigenvalue weighted by Gasteiger charge is -2.23. The lowest BCUT2D eigenvalue weighted by molar-refractivity contribution is 0.653. The first-order chi connectivity index (χ1) is 21.9. The molecule has 0 saturated heterocycles. The van der Waals surface area contributed by atoms with Crippen molar-refractivity contribution in [2.45, 2.75) is 77.6 Å². The van der Waals surface area contributed by atoms with Crippen LogP contribution in [0.2, 0.25) is 0 Å². The lowest BCUT2D eigenvalue weighted by atomic mass is 9.80. The van der Waals surface area contributed by atoms with Gasteiger partial charge >= 0.3 is 0 Å². The lowest BCUT2D eigenvalue weighted by Crippen LogP contribution is -2.16. The zero-order valence-corrected chi connectivity index (χ0v) is 28.4. The molecule has 0 fully saturated rings. The Bertz CT molecular complexity index is 2150. The Balaban J connectivity index is 1.15. The molecule has 228 valence electrons. The maximum absolute atomic E-state index is 5.42. The van der Waals surface area contributed by atoms with Crippen LogP contribution in [0.25, 0.3) is 39.2 Å². The fourth-order valence-corrected chi connectivity index (χ4v) is 8.72. The summed E-state index contributed by atoms with van der Waals surface area (Å²) < 4.78 is 0. The highest BCUT2D eigenvalue weighted by atomic mass is 14.7. The van der Waals surface area contributed by atoms with E-state index in [2.05, 4.69) is 165 Å². The van der Waals surface area contributed by atoms with Gasteiger partial charge < -0.3 is 0 Å². The summed E-state index contributed by atoms with van der Waals surface area (Å²) in [6.07, 6.45) is 4.78. The van der Waals surface area contributed by atoms with Gasteiger partial charge in [0, 0.05) is 27.4 Å². The zero-order valence-electron chi connectivity index (χ0n) is 28.4.